The second-order valence-electron chi connectivity index (χ2n) is 7.97. The van der Waals surface area contributed by atoms with Gasteiger partial charge in [-0.1, -0.05) is 30.5 Å². The maximum absolute atomic E-state index is 13.4. The summed E-state index contributed by atoms with van der Waals surface area (Å²) < 4.78 is 6.05. The smallest absolute Gasteiger partial charge is 0.226 e. The monoisotopic (exact) mass is 471 g/mol. The van der Waals surface area contributed by atoms with E-state index in [9.17, 15) is 9.90 Å². The van der Waals surface area contributed by atoms with E-state index in [0.717, 1.165) is 41.8 Å². The molecule has 0 aliphatic heterocycles. The van der Waals surface area contributed by atoms with Crippen molar-refractivity contribution in [1.29, 1.82) is 0 Å². The Morgan fingerprint density at radius 3 is 2.81 bits per heavy atom. The second-order valence-corrected chi connectivity index (χ2v) is 9.35. The zero-order chi connectivity index (χ0) is 22.3. The molecule has 2 heterocycles. The molecular weight excluding hydrogens is 446 g/mol. The molecule has 0 bridgehead atoms. The van der Waals surface area contributed by atoms with Crippen LogP contribution in [0.2, 0.25) is 5.02 Å². The van der Waals surface area contributed by atoms with Crippen LogP contribution in [-0.4, -0.2) is 25.9 Å². The molecule has 1 fully saturated rings. The molecule has 0 saturated heterocycles. The lowest BCUT2D eigenvalue weighted by molar-refractivity contribution is -0.136. The van der Waals surface area contributed by atoms with Crippen molar-refractivity contribution in [2.75, 3.05) is 0 Å². The zero-order valence-electron chi connectivity index (χ0n) is 17.7. The first-order valence-electron chi connectivity index (χ1n) is 10.8. The molecule has 2 aromatic heterocycles. The van der Waals surface area contributed by atoms with E-state index in [2.05, 4.69) is 9.97 Å². The van der Waals surface area contributed by atoms with E-state index in [4.69, 9.17) is 16.3 Å². The molecule has 1 saturated carbocycles. The Kier molecular flexibility index (Phi) is 7.73. The zero-order valence-corrected chi connectivity index (χ0v) is 19.3. The highest BCUT2D eigenvalue weighted by Gasteiger charge is 2.28. The number of ether oxygens (including phenoxy) is 1. The summed E-state index contributed by atoms with van der Waals surface area (Å²) in [4.78, 5) is 23.8. The fourth-order valence-electron chi connectivity index (χ4n) is 4.00. The predicted molar refractivity (Wildman–Crippen MR) is 124 cm³/mol. The molecule has 1 amide bonds. The van der Waals surface area contributed by atoms with Gasteiger partial charge >= 0.3 is 0 Å². The molecule has 6 nitrogen and oxygen atoms in total. The van der Waals surface area contributed by atoms with E-state index in [1.165, 1.54) is 11.3 Å². The minimum absolute atomic E-state index is 0.0717. The number of aliphatic hydroxyl groups is 1. The van der Waals surface area contributed by atoms with Crippen molar-refractivity contribution in [2.45, 2.75) is 52.0 Å². The first kappa shape index (κ1) is 22.7. The number of aromatic nitrogens is 2. The summed E-state index contributed by atoms with van der Waals surface area (Å²) in [7, 11) is 0. The third-order valence-corrected chi connectivity index (χ3v) is 6.71. The molecular formula is C24H26ClN3O3S. The van der Waals surface area contributed by atoms with E-state index in [-0.39, 0.29) is 18.4 Å². The largest absolute Gasteiger partial charge is 0.486 e. The topological polar surface area (TPSA) is 75.6 Å². The maximum Gasteiger partial charge on any atom is 0.226 e. The number of nitrogens with zero attached hydrogens (tertiary/aromatic N) is 3. The van der Waals surface area contributed by atoms with Gasteiger partial charge in [-0.2, -0.15) is 0 Å². The molecule has 4 rings (SSSR count). The highest BCUT2D eigenvalue weighted by Crippen LogP contribution is 2.30. The minimum Gasteiger partial charge on any atom is -0.486 e. The lowest BCUT2D eigenvalue weighted by Crippen LogP contribution is -2.34. The van der Waals surface area contributed by atoms with Gasteiger partial charge in [0.25, 0.3) is 0 Å². The number of carbonyl (C=O) groups excluding carboxylic acids is 1. The van der Waals surface area contributed by atoms with Crippen LogP contribution >= 0.6 is 22.9 Å². The highest BCUT2D eigenvalue weighted by atomic mass is 35.5. The minimum atomic E-state index is -0.0880. The van der Waals surface area contributed by atoms with Crippen molar-refractivity contribution < 1.29 is 14.6 Å². The molecule has 0 radical (unpaired) electrons. The van der Waals surface area contributed by atoms with Crippen LogP contribution in [-0.2, 0) is 31.1 Å². The number of rotatable bonds is 9. The van der Waals surface area contributed by atoms with Crippen LogP contribution in [0.1, 0.15) is 47.5 Å². The Balaban J connectivity index is 1.54. The molecule has 8 heteroatoms. The van der Waals surface area contributed by atoms with Crippen LogP contribution in [0.3, 0.4) is 0 Å². The number of benzene rings is 1. The summed E-state index contributed by atoms with van der Waals surface area (Å²) in [5.41, 5.74) is 2.48. The molecule has 1 aliphatic rings. The van der Waals surface area contributed by atoms with Gasteiger partial charge in [-0.15, -0.1) is 11.3 Å². The van der Waals surface area contributed by atoms with Crippen LogP contribution in [0.4, 0.5) is 0 Å². The molecule has 32 heavy (non-hydrogen) atoms. The second kappa shape index (κ2) is 10.9. The van der Waals surface area contributed by atoms with Gasteiger partial charge in [0.1, 0.15) is 17.4 Å². The summed E-state index contributed by atoms with van der Waals surface area (Å²) in [6.45, 7) is 1.09. The van der Waals surface area contributed by atoms with Gasteiger partial charge in [-0.3, -0.25) is 9.78 Å². The molecule has 0 spiro atoms. The van der Waals surface area contributed by atoms with Crippen LogP contribution in [0, 0.1) is 5.92 Å². The SMILES string of the molecule is O=C(C1CCCC1)N(Cc1cccnc1)Cc1cc(Cl)ccc1OCc1nc(CO)cs1. The Hall–Kier alpha value is -2.48. The van der Waals surface area contributed by atoms with Crippen LogP contribution in [0.5, 0.6) is 5.75 Å². The number of thiazole rings is 1. The van der Waals surface area contributed by atoms with Crippen molar-refractivity contribution in [3.63, 3.8) is 0 Å². The van der Waals surface area contributed by atoms with Gasteiger partial charge in [0, 0.05) is 47.4 Å². The van der Waals surface area contributed by atoms with Gasteiger partial charge in [0.15, 0.2) is 0 Å². The van der Waals surface area contributed by atoms with Crippen LogP contribution < -0.4 is 4.74 Å². The Morgan fingerprint density at radius 2 is 2.09 bits per heavy atom. The summed E-state index contributed by atoms with van der Waals surface area (Å²) in [6, 6.07) is 9.34. The average molecular weight is 472 g/mol. The first-order valence-corrected chi connectivity index (χ1v) is 12.0. The number of aliphatic hydroxyl groups excluding tert-OH is 1. The van der Waals surface area contributed by atoms with Gasteiger partial charge < -0.3 is 14.7 Å². The Bertz CT molecular complexity index is 1040. The molecule has 1 aliphatic carbocycles. The molecule has 1 aromatic carbocycles. The number of pyridine rings is 1. The lowest BCUT2D eigenvalue weighted by Gasteiger charge is -2.27. The lowest BCUT2D eigenvalue weighted by atomic mass is 10.0. The predicted octanol–water partition coefficient (Wildman–Crippen LogP) is 4.98. The number of hydrogen-bond acceptors (Lipinski definition) is 6. The van der Waals surface area contributed by atoms with E-state index in [0.29, 0.717) is 36.2 Å². The summed E-state index contributed by atoms with van der Waals surface area (Å²) in [5.74, 6) is 0.915. The van der Waals surface area contributed by atoms with Gasteiger partial charge in [0.05, 0.1) is 12.3 Å². The third-order valence-electron chi connectivity index (χ3n) is 5.61. The molecule has 1 N–H and O–H groups in total. The molecule has 3 aromatic rings. The number of amides is 1. The normalized spacial score (nSPS) is 13.9. The highest BCUT2D eigenvalue weighted by molar-refractivity contribution is 7.09. The summed E-state index contributed by atoms with van der Waals surface area (Å²) >= 11 is 7.75. The summed E-state index contributed by atoms with van der Waals surface area (Å²) in [6.07, 6.45) is 7.62. The van der Waals surface area contributed by atoms with Crippen molar-refractivity contribution >= 4 is 28.8 Å². The Labute approximate surface area is 196 Å². The van der Waals surface area contributed by atoms with Gasteiger partial charge in [-0.25, -0.2) is 4.98 Å². The summed E-state index contributed by atoms with van der Waals surface area (Å²) in [5, 5.41) is 12.4. The van der Waals surface area contributed by atoms with Crippen molar-refractivity contribution in [2.24, 2.45) is 5.92 Å². The standard InChI is InChI=1S/C24H26ClN3O3S/c25-20-7-8-22(31-15-23-27-21(14-29)16-32-23)19(10-20)13-28(12-17-4-3-9-26-11-17)24(30)18-5-1-2-6-18/h3-4,7-11,16,18,29H,1-2,5-6,12-15H2. The van der Waals surface area contributed by atoms with Crippen molar-refractivity contribution in [1.82, 2.24) is 14.9 Å². The number of hydrogen-bond donors (Lipinski definition) is 1. The molecule has 168 valence electrons. The number of halogens is 1. The molecule has 0 unspecified atom stereocenters. The molecule has 0 atom stereocenters. The van der Waals surface area contributed by atoms with Crippen LogP contribution in [0.25, 0.3) is 0 Å². The van der Waals surface area contributed by atoms with Crippen molar-refractivity contribution in [3.05, 3.63) is 75.0 Å². The Morgan fingerprint density at radius 1 is 1.25 bits per heavy atom. The van der Waals surface area contributed by atoms with Gasteiger partial charge in [-0.05, 0) is 42.7 Å². The number of carbonyl (C=O) groups is 1. The fourth-order valence-corrected chi connectivity index (χ4v) is 4.89. The van der Waals surface area contributed by atoms with E-state index >= 15 is 0 Å². The fraction of sp³-hybridized carbons (Fsp3) is 0.375. The van der Waals surface area contributed by atoms with E-state index < -0.39 is 0 Å². The van der Waals surface area contributed by atoms with Gasteiger partial charge in [0.2, 0.25) is 5.91 Å². The third kappa shape index (κ3) is 5.85. The maximum atomic E-state index is 13.4. The van der Waals surface area contributed by atoms with E-state index in [1.807, 2.05) is 34.5 Å². The van der Waals surface area contributed by atoms with Crippen LogP contribution in [0.15, 0.2) is 48.1 Å². The quantitative estimate of drug-likeness (QED) is 0.476. The first-order chi connectivity index (χ1) is 15.6. The van der Waals surface area contributed by atoms with Crippen molar-refractivity contribution in [3.8, 4) is 5.75 Å². The average Bonchev–Trinajstić information content (AvgIpc) is 3.50. The van der Waals surface area contributed by atoms with E-state index in [1.54, 1.807) is 18.5 Å².